The molecule has 1 aromatic heterocycles. The van der Waals surface area contributed by atoms with Gasteiger partial charge in [-0.25, -0.2) is 17.8 Å². The standard InChI is InChI=1S/C18H18FN3O3S2.C4H11N/c1-3-12-9-14(19)5-7-16(12)25-17-8-6-15(10-13(17)4-2)27(23,24)22-18-20-11-21-26-18;1-3-5-4-2/h5-11H,3-4H2,1-2H3,(H,20,21,22);5H,3-4H2,1-2H3. The van der Waals surface area contributed by atoms with Crippen LogP contribution in [0.2, 0.25) is 0 Å². The zero-order chi connectivity index (χ0) is 23.6. The van der Waals surface area contributed by atoms with Gasteiger partial charge in [-0.05, 0) is 73.5 Å². The average molecular weight is 481 g/mol. The summed E-state index contributed by atoms with van der Waals surface area (Å²) in [6, 6.07) is 8.99. The topological polar surface area (TPSA) is 93.2 Å². The molecule has 174 valence electrons. The maximum Gasteiger partial charge on any atom is 0.263 e. The van der Waals surface area contributed by atoms with Gasteiger partial charge in [-0.15, -0.1) is 0 Å². The van der Waals surface area contributed by atoms with E-state index >= 15 is 0 Å². The van der Waals surface area contributed by atoms with E-state index < -0.39 is 10.0 Å². The number of nitrogens with one attached hydrogen (secondary N) is 2. The van der Waals surface area contributed by atoms with Gasteiger partial charge in [0, 0.05) is 11.5 Å². The van der Waals surface area contributed by atoms with Gasteiger partial charge in [0.05, 0.1) is 4.90 Å². The molecule has 0 atom stereocenters. The van der Waals surface area contributed by atoms with E-state index in [1.165, 1.54) is 24.5 Å². The Balaban J connectivity index is 0.000000654. The van der Waals surface area contributed by atoms with E-state index in [1.54, 1.807) is 18.2 Å². The summed E-state index contributed by atoms with van der Waals surface area (Å²) in [5, 5.41) is 3.31. The summed E-state index contributed by atoms with van der Waals surface area (Å²) < 4.78 is 50.6. The predicted molar refractivity (Wildman–Crippen MR) is 127 cm³/mol. The number of rotatable bonds is 9. The van der Waals surface area contributed by atoms with E-state index in [1.807, 2.05) is 13.8 Å². The molecule has 0 saturated carbocycles. The highest BCUT2D eigenvalue weighted by atomic mass is 32.2. The Morgan fingerprint density at radius 3 is 2.12 bits per heavy atom. The lowest BCUT2D eigenvalue weighted by Gasteiger charge is -2.14. The normalized spacial score (nSPS) is 10.9. The summed E-state index contributed by atoms with van der Waals surface area (Å²) in [4.78, 5) is 3.94. The number of aromatic nitrogens is 2. The molecule has 2 aromatic carbocycles. The molecule has 0 aliphatic carbocycles. The molecule has 0 saturated heterocycles. The van der Waals surface area contributed by atoms with Gasteiger partial charge in [0.2, 0.25) is 5.13 Å². The summed E-state index contributed by atoms with van der Waals surface area (Å²) in [5.74, 6) is 0.768. The van der Waals surface area contributed by atoms with Crippen molar-refractivity contribution in [1.82, 2.24) is 14.7 Å². The third-order valence-corrected chi connectivity index (χ3v) is 6.48. The van der Waals surface area contributed by atoms with Gasteiger partial charge in [0.25, 0.3) is 10.0 Å². The third kappa shape index (κ3) is 7.25. The number of aryl methyl sites for hydroxylation is 2. The zero-order valence-corrected chi connectivity index (χ0v) is 20.3. The number of halogens is 1. The van der Waals surface area contributed by atoms with Crippen LogP contribution in [0.1, 0.15) is 38.8 Å². The summed E-state index contributed by atoms with van der Waals surface area (Å²) in [6.07, 6.45) is 2.47. The fraction of sp³-hybridized carbons (Fsp3) is 0.364. The molecule has 3 rings (SSSR count). The van der Waals surface area contributed by atoms with Crippen molar-refractivity contribution in [2.24, 2.45) is 0 Å². The van der Waals surface area contributed by atoms with Crippen LogP contribution >= 0.6 is 11.5 Å². The second-order valence-electron chi connectivity index (χ2n) is 6.64. The first kappa shape index (κ1) is 25.7. The Morgan fingerprint density at radius 2 is 1.59 bits per heavy atom. The molecule has 3 aromatic rings. The first-order valence-electron chi connectivity index (χ1n) is 10.4. The predicted octanol–water partition coefficient (Wildman–Crippen LogP) is 5.01. The summed E-state index contributed by atoms with van der Waals surface area (Å²) in [5.41, 5.74) is 1.47. The second kappa shape index (κ2) is 12.5. The van der Waals surface area contributed by atoms with E-state index in [9.17, 15) is 12.8 Å². The lowest BCUT2D eigenvalue weighted by Crippen LogP contribution is -2.13. The minimum Gasteiger partial charge on any atom is -0.457 e. The van der Waals surface area contributed by atoms with Crippen LogP contribution in [-0.2, 0) is 22.9 Å². The van der Waals surface area contributed by atoms with Crippen molar-refractivity contribution in [3.8, 4) is 11.5 Å². The first-order chi connectivity index (χ1) is 15.3. The second-order valence-corrected chi connectivity index (χ2v) is 9.10. The summed E-state index contributed by atoms with van der Waals surface area (Å²) in [6.45, 7) is 10.2. The molecule has 1 heterocycles. The van der Waals surface area contributed by atoms with Gasteiger partial charge in [0.15, 0.2) is 0 Å². The number of anilines is 1. The largest absolute Gasteiger partial charge is 0.457 e. The lowest BCUT2D eigenvalue weighted by atomic mass is 10.1. The molecule has 10 heteroatoms. The highest BCUT2D eigenvalue weighted by Gasteiger charge is 2.18. The fourth-order valence-corrected chi connectivity index (χ4v) is 4.49. The van der Waals surface area contributed by atoms with Crippen molar-refractivity contribution in [3.05, 3.63) is 59.7 Å². The molecule has 0 amide bonds. The van der Waals surface area contributed by atoms with Crippen molar-refractivity contribution in [2.45, 2.75) is 45.4 Å². The van der Waals surface area contributed by atoms with Gasteiger partial charge < -0.3 is 10.1 Å². The third-order valence-electron chi connectivity index (χ3n) is 4.43. The SMILES string of the molecule is CCNCC.CCc1cc(F)ccc1Oc1ccc(S(=O)(=O)Nc2ncns2)cc1CC. The Labute approximate surface area is 193 Å². The molecule has 0 radical (unpaired) electrons. The van der Waals surface area contributed by atoms with Gasteiger partial charge in [-0.3, -0.25) is 4.72 Å². The van der Waals surface area contributed by atoms with Crippen LogP contribution in [0.25, 0.3) is 0 Å². The Bertz CT molecular complexity index is 1090. The number of ether oxygens (including phenoxy) is 1. The highest BCUT2D eigenvalue weighted by Crippen LogP contribution is 2.31. The minimum absolute atomic E-state index is 0.108. The van der Waals surface area contributed by atoms with Crippen LogP contribution in [-0.4, -0.2) is 30.9 Å². The quantitative estimate of drug-likeness (QED) is 0.447. The molecule has 0 unspecified atom stereocenters. The maximum atomic E-state index is 13.4. The number of nitrogens with zero attached hydrogens (tertiary/aromatic N) is 2. The van der Waals surface area contributed by atoms with Crippen molar-refractivity contribution >= 4 is 26.7 Å². The molecule has 0 aliphatic heterocycles. The van der Waals surface area contributed by atoms with Crippen LogP contribution in [0.5, 0.6) is 11.5 Å². The van der Waals surface area contributed by atoms with Gasteiger partial charge in [-0.2, -0.15) is 4.37 Å². The molecule has 0 fully saturated rings. The summed E-state index contributed by atoms with van der Waals surface area (Å²) >= 11 is 0.958. The number of hydrogen-bond donors (Lipinski definition) is 2. The van der Waals surface area contributed by atoms with E-state index in [2.05, 4.69) is 33.2 Å². The Morgan fingerprint density at radius 1 is 0.969 bits per heavy atom. The fourth-order valence-electron chi connectivity index (χ4n) is 2.78. The molecule has 7 nitrogen and oxygen atoms in total. The molecular formula is C22H29FN4O3S2. The van der Waals surface area contributed by atoms with E-state index in [0.29, 0.717) is 24.3 Å². The molecule has 0 bridgehead atoms. The van der Waals surface area contributed by atoms with Gasteiger partial charge in [0.1, 0.15) is 23.6 Å². The van der Waals surface area contributed by atoms with Crippen molar-refractivity contribution in [2.75, 3.05) is 17.8 Å². The lowest BCUT2D eigenvalue weighted by molar-refractivity contribution is 0.468. The number of sulfonamides is 1. The van der Waals surface area contributed by atoms with Gasteiger partial charge in [-0.1, -0.05) is 27.7 Å². The monoisotopic (exact) mass is 480 g/mol. The number of benzene rings is 2. The van der Waals surface area contributed by atoms with Crippen LogP contribution in [0.4, 0.5) is 9.52 Å². The van der Waals surface area contributed by atoms with Crippen molar-refractivity contribution < 1.29 is 17.5 Å². The molecule has 0 aliphatic rings. The molecule has 0 spiro atoms. The highest BCUT2D eigenvalue weighted by molar-refractivity contribution is 7.93. The molecule has 2 N–H and O–H groups in total. The van der Waals surface area contributed by atoms with Crippen LogP contribution < -0.4 is 14.8 Å². The van der Waals surface area contributed by atoms with E-state index in [-0.39, 0.29) is 15.8 Å². The van der Waals surface area contributed by atoms with Crippen LogP contribution in [0, 0.1) is 5.82 Å². The first-order valence-corrected chi connectivity index (χ1v) is 12.7. The smallest absolute Gasteiger partial charge is 0.263 e. The van der Waals surface area contributed by atoms with Crippen molar-refractivity contribution in [1.29, 1.82) is 0 Å². The van der Waals surface area contributed by atoms with Crippen molar-refractivity contribution in [3.63, 3.8) is 0 Å². The van der Waals surface area contributed by atoms with Gasteiger partial charge >= 0.3 is 0 Å². The Hall–Kier alpha value is -2.56. The van der Waals surface area contributed by atoms with Crippen LogP contribution in [0.15, 0.2) is 47.6 Å². The molecular weight excluding hydrogens is 451 g/mol. The van der Waals surface area contributed by atoms with Crippen LogP contribution in [0.3, 0.4) is 0 Å². The maximum absolute atomic E-state index is 13.4. The summed E-state index contributed by atoms with van der Waals surface area (Å²) in [7, 11) is -3.77. The minimum atomic E-state index is -3.77. The Kier molecular flexibility index (Phi) is 10.0. The van der Waals surface area contributed by atoms with E-state index in [0.717, 1.165) is 35.7 Å². The zero-order valence-electron chi connectivity index (χ0n) is 18.7. The molecule has 32 heavy (non-hydrogen) atoms. The number of hydrogen-bond acceptors (Lipinski definition) is 7. The average Bonchev–Trinajstić information content (AvgIpc) is 3.28. The van der Waals surface area contributed by atoms with E-state index in [4.69, 9.17) is 4.74 Å².